The molecule has 0 aliphatic rings. The highest BCUT2D eigenvalue weighted by Gasteiger charge is 2.01. The van der Waals surface area contributed by atoms with Crippen molar-refractivity contribution in [3.8, 4) is 5.75 Å². The largest absolute Gasteiger partial charge is 0.496 e. The molecule has 114 valence electrons. The summed E-state index contributed by atoms with van der Waals surface area (Å²) in [5.41, 5.74) is 3.27. The maximum absolute atomic E-state index is 11.8. The Bertz CT molecular complexity index is 648. The van der Waals surface area contributed by atoms with Gasteiger partial charge in [-0.1, -0.05) is 42.5 Å². The highest BCUT2D eigenvalue weighted by molar-refractivity contribution is 5.91. The smallest absolute Gasteiger partial charge is 0.244 e. The van der Waals surface area contributed by atoms with E-state index in [-0.39, 0.29) is 5.91 Å². The molecule has 0 spiro atoms. The van der Waals surface area contributed by atoms with Crippen LogP contribution in [0.1, 0.15) is 16.7 Å². The average molecular weight is 295 g/mol. The zero-order chi connectivity index (χ0) is 15.8. The molecule has 0 aliphatic heterocycles. The lowest BCUT2D eigenvalue weighted by molar-refractivity contribution is -0.116. The van der Waals surface area contributed by atoms with E-state index in [4.69, 9.17) is 4.74 Å². The van der Waals surface area contributed by atoms with Crippen LogP contribution in [-0.4, -0.2) is 19.6 Å². The lowest BCUT2D eigenvalue weighted by Crippen LogP contribution is -2.23. The number of aryl methyl sites for hydroxylation is 1. The van der Waals surface area contributed by atoms with Crippen molar-refractivity contribution in [2.24, 2.45) is 0 Å². The van der Waals surface area contributed by atoms with Gasteiger partial charge in [0.25, 0.3) is 0 Å². The van der Waals surface area contributed by atoms with Crippen LogP contribution in [0.5, 0.6) is 5.75 Å². The van der Waals surface area contributed by atoms with Gasteiger partial charge < -0.3 is 10.1 Å². The standard InChI is InChI=1S/C19H21NO2/c1-15-8-9-17(14-18(15)22-2)12-13-20-19(21)11-10-16-6-4-3-5-7-16/h3-11,14H,12-13H2,1-2H3,(H,20,21)/b11-10+. The SMILES string of the molecule is COc1cc(CCNC(=O)/C=C/c2ccccc2)ccc1C. The van der Waals surface area contributed by atoms with Crippen molar-refractivity contribution in [3.05, 3.63) is 71.3 Å². The number of hydrogen-bond acceptors (Lipinski definition) is 2. The van der Waals surface area contributed by atoms with Crippen LogP contribution in [0, 0.1) is 6.92 Å². The Morgan fingerprint density at radius 1 is 1.18 bits per heavy atom. The zero-order valence-electron chi connectivity index (χ0n) is 13.0. The van der Waals surface area contributed by atoms with Crippen LogP contribution in [0.25, 0.3) is 6.08 Å². The van der Waals surface area contributed by atoms with Crippen molar-refractivity contribution in [2.45, 2.75) is 13.3 Å². The molecule has 0 aliphatic carbocycles. The summed E-state index contributed by atoms with van der Waals surface area (Å²) in [6.45, 7) is 2.61. The van der Waals surface area contributed by atoms with E-state index in [1.54, 1.807) is 13.2 Å². The van der Waals surface area contributed by atoms with Crippen LogP contribution in [0.15, 0.2) is 54.6 Å². The molecule has 0 saturated heterocycles. The molecule has 0 bridgehead atoms. The van der Waals surface area contributed by atoms with Gasteiger partial charge in [-0.3, -0.25) is 4.79 Å². The average Bonchev–Trinajstić information content (AvgIpc) is 2.55. The van der Waals surface area contributed by atoms with E-state index in [1.807, 2.05) is 55.5 Å². The fourth-order valence-corrected chi connectivity index (χ4v) is 2.14. The van der Waals surface area contributed by atoms with Crippen molar-refractivity contribution in [1.82, 2.24) is 5.32 Å². The van der Waals surface area contributed by atoms with Crippen LogP contribution in [0.3, 0.4) is 0 Å². The molecular weight excluding hydrogens is 274 g/mol. The summed E-state index contributed by atoms with van der Waals surface area (Å²) in [6.07, 6.45) is 4.15. The second kappa shape index (κ2) is 8.03. The first-order chi connectivity index (χ1) is 10.7. The van der Waals surface area contributed by atoms with E-state index in [2.05, 4.69) is 11.4 Å². The van der Waals surface area contributed by atoms with Gasteiger partial charge in [-0.05, 0) is 42.2 Å². The molecule has 2 aromatic carbocycles. The summed E-state index contributed by atoms with van der Waals surface area (Å²) in [7, 11) is 1.67. The van der Waals surface area contributed by atoms with Gasteiger partial charge in [0.2, 0.25) is 5.91 Å². The van der Waals surface area contributed by atoms with Gasteiger partial charge in [0, 0.05) is 12.6 Å². The molecule has 1 amide bonds. The number of benzene rings is 2. The minimum atomic E-state index is -0.0806. The maximum Gasteiger partial charge on any atom is 0.244 e. The summed E-state index contributed by atoms with van der Waals surface area (Å²) in [5, 5.41) is 2.89. The molecule has 0 heterocycles. The van der Waals surface area contributed by atoms with Crippen LogP contribution >= 0.6 is 0 Å². The second-order valence-electron chi connectivity index (χ2n) is 5.09. The topological polar surface area (TPSA) is 38.3 Å². The Balaban J connectivity index is 1.81. The quantitative estimate of drug-likeness (QED) is 0.830. The van der Waals surface area contributed by atoms with Crippen molar-refractivity contribution in [3.63, 3.8) is 0 Å². The number of rotatable bonds is 6. The summed E-state index contributed by atoms with van der Waals surface area (Å²) in [4.78, 5) is 11.8. The number of amides is 1. The zero-order valence-corrected chi connectivity index (χ0v) is 13.0. The molecular formula is C19H21NO2. The number of carbonyl (C=O) groups is 1. The molecule has 0 unspecified atom stereocenters. The van der Waals surface area contributed by atoms with E-state index < -0.39 is 0 Å². The molecule has 22 heavy (non-hydrogen) atoms. The lowest BCUT2D eigenvalue weighted by Gasteiger charge is -2.08. The molecule has 0 fully saturated rings. The van der Waals surface area contributed by atoms with Gasteiger partial charge >= 0.3 is 0 Å². The van der Waals surface area contributed by atoms with E-state index in [0.29, 0.717) is 6.54 Å². The Hall–Kier alpha value is -2.55. The monoisotopic (exact) mass is 295 g/mol. The summed E-state index contributed by atoms with van der Waals surface area (Å²) in [6, 6.07) is 15.9. The van der Waals surface area contributed by atoms with Gasteiger partial charge in [0.05, 0.1) is 7.11 Å². The minimum Gasteiger partial charge on any atom is -0.496 e. The van der Waals surface area contributed by atoms with Crippen LogP contribution in [0.4, 0.5) is 0 Å². The summed E-state index contributed by atoms with van der Waals surface area (Å²) < 4.78 is 5.30. The fourth-order valence-electron chi connectivity index (χ4n) is 2.14. The van der Waals surface area contributed by atoms with E-state index in [9.17, 15) is 4.79 Å². The first-order valence-corrected chi connectivity index (χ1v) is 7.33. The molecule has 3 heteroatoms. The minimum absolute atomic E-state index is 0.0806. The van der Waals surface area contributed by atoms with Crippen molar-refractivity contribution in [1.29, 1.82) is 0 Å². The van der Waals surface area contributed by atoms with E-state index in [0.717, 1.165) is 28.9 Å². The number of methoxy groups -OCH3 is 1. The summed E-state index contributed by atoms with van der Waals surface area (Å²) in [5.74, 6) is 0.802. The molecule has 2 rings (SSSR count). The first-order valence-electron chi connectivity index (χ1n) is 7.33. The predicted octanol–water partition coefficient (Wildman–Crippen LogP) is 3.38. The number of carbonyl (C=O) groups excluding carboxylic acids is 1. The van der Waals surface area contributed by atoms with Crippen molar-refractivity contribution in [2.75, 3.05) is 13.7 Å². The molecule has 2 aromatic rings. The van der Waals surface area contributed by atoms with Crippen LogP contribution in [0.2, 0.25) is 0 Å². The number of ether oxygens (including phenoxy) is 1. The molecule has 0 aromatic heterocycles. The Kier molecular flexibility index (Phi) is 5.78. The van der Waals surface area contributed by atoms with E-state index >= 15 is 0 Å². The van der Waals surface area contributed by atoms with Gasteiger partial charge in [-0.2, -0.15) is 0 Å². The highest BCUT2D eigenvalue weighted by Crippen LogP contribution is 2.18. The van der Waals surface area contributed by atoms with Gasteiger partial charge in [0.15, 0.2) is 0 Å². The normalized spacial score (nSPS) is 10.6. The fraction of sp³-hybridized carbons (Fsp3) is 0.211. The summed E-state index contributed by atoms with van der Waals surface area (Å²) >= 11 is 0. The van der Waals surface area contributed by atoms with E-state index in [1.165, 1.54) is 0 Å². The predicted molar refractivity (Wildman–Crippen MR) is 89.9 cm³/mol. The Morgan fingerprint density at radius 2 is 1.95 bits per heavy atom. The van der Waals surface area contributed by atoms with Gasteiger partial charge in [-0.15, -0.1) is 0 Å². The Morgan fingerprint density at radius 3 is 2.68 bits per heavy atom. The lowest BCUT2D eigenvalue weighted by atomic mass is 10.1. The highest BCUT2D eigenvalue weighted by atomic mass is 16.5. The van der Waals surface area contributed by atoms with Crippen LogP contribution in [-0.2, 0) is 11.2 Å². The second-order valence-corrected chi connectivity index (χ2v) is 5.09. The molecule has 0 saturated carbocycles. The van der Waals surface area contributed by atoms with Crippen molar-refractivity contribution >= 4 is 12.0 Å². The molecule has 0 atom stereocenters. The number of hydrogen-bond donors (Lipinski definition) is 1. The molecule has 1 N–H and O–H groups in total. The number of nitrogens with one attached hydrogen (secondary N) is 1. The van der Waals surface area contributed by atoms with Gasteiger partial charge in [0.1, 0.15) is 5.75 Å². The van der Waals surface area contributed by atoms with Gasteiger partial charge in [-0.25, -0.2) is 0 Å². The third kappa shape index (κ3) is 4.77. The van der Waals surface area contributed by atoms with Crippen LogP contribution < -0.4 is 10.1 Å². The Labute approximate surface area is 131 Å². The third-order valence-corrected chi connectivity index (χ3v) is 3.41. The third-order valence-electron chi connectivity index (χ3n) is 3.41. The first kappa shape index (κ1) is 15.8. The molecule has 3 nitrogen and oxygen atoms in total. The maximum atomic E-state index is 11.8. The van der Waals surface area contributed by atoms with Crippen molar-refractivity contribution < 1.29 is 9.53 Å². The molecule has 0 radical (unpaired) electrons.